The fraction of sp³-hybridized carbons (Fsp3) is 0.538. The Bertz CT molecular complexity index is 446. The second-order valence-corrected chi connectivity index (χ2v) is 4.67. The zero-order valence-corrected chi connectivity index (χ0v) is 11.3. The molecule has 0 aromatic heterocycles. The minimum absolute atomic E-state index is 0.0938. The smallest absolute Gasteiger partial charge is 0.336 e. The van der Waals surface area contributed by atoms with E-state index in [-0.39, 0.29) is 11.7 Å². The first-order valence-electron chi connectivity index (χ1n) is 5.86. The lowest BCUT2D eigenvalue weighted by Crippen LogP contribution is -2.37. The molecule has 1 aliphatic rings. The van der Waals surface area contributed by atoms with Crippen LogP contribution in [-0.4, -0.2) is 18.0 Å². The molecule has 100 valence electrons. The number of dihydropyridines is 1. The highest BCUT2D eigenvalue weighted by Gasteiger charge is 2.30. The number of carbonyl (C=O) groups is 2. The molecule has 18 heavy (non-hydrogen) atoms. The monoisotopic (exact) mass is 252 g/mol. The van der Waals surface area contributed by atoms with Gasteiger partial charge in [-0.3, -0.25) is 0 Å². The Labute approximate surface area is 107 Å². The number of carbonyl (C=O) groups excluding carboxylic acids is 2. The third kappa shape index (κ3) is 2.72. The van der Waals surface area contributed by atoms with Crippen molar-refractivity contribution >= 4 is 11.9 Å². The molecule has 1 rings (SSSR count). The molecule has 0 amide bonds. The van der Waals surface area contributed by atoms with Crippen LogP contribution >= 0.6 is 0 Å². The minimum Gasteiger partial charge on any atom is -0.545 e. The first-order valence-corrected chi connectivity index (χ1v) is 5.86. The highest BCUT2D eigenvalue weighted by molar-refractivity contribution is 5.96. The van der Waals surface area contributed by atoms with Crippen LogP contribution in [0.5, 0.6) is 0 Å². The molecule has 0 fully saturated rings. The van der Waals surface area contributed by atoms with Crippen molar-refractivity contribution in [2.45, 2.75) is 40.7 Å². The molecule has 0 aromatic carbocycles. The average molecular weight is 252 g/mol. The molecule has 5 heteroatoms. The van der Waals surface area contributed by atoms with Gasteiger partial charge in [-0.05, 0) is 27.7 Å². The Morgan fingerprint density at radius 2 is 1.72 bits per heavy atom. The molecule has 0 spiro atoms. The summed E-state index contributed by atoms with van der Waals surface area (Å²) in [5, 5.41) is 14.0. The second-order valence-electron chi connectivity index (χ2n) is 4.67. The molecule has 0 bridgehead atoms. The number of ether oxygens (including phenoxy) is 1. The molecule has 1 unspecified atom stereocenters. The lowest BCUT2D eigenvalue weighted by Gasteiger charge is -2.29. The van der Waals surface area contributed by atoms with Gasteiger partial charge in [-0.15, -0.1) is 0 Å². The largest absolute Gasteiger partial charge is 0.545 e. The van der Waals surface area contributed by atoms with Gasteiger partial charge in [0.2, 0.25) is 0 Å². The number of esters is 1. The highest BCUT2D eigenvalue weighted by Crippen LogP contribution is 2.29. The van der Waals surface area contributed by atoms with Crippen LogP contribution in [-0.2, 0) is 14.3 Å². The van der Waals surface area contributed by atoms with Gasteiger partial charge < -0.3 is 20.0 Å². The number of nitrogens with one attached hydrogen (secondary N) is 1. The molecular weight excluding hydrogens is 234 g/mol. The molecule has 1 atom stereocenters. The van der Waals surface area contributed by atoms with E-state index in [1.165, 1.54) is 0 Å². The van der Waals surface area contributed by atoms with Gasteiger partial charge in [0.25, 0.3) is 0 Å². The SMILES string of the molecule is CC1=C(C(=O)[O-])C(C)C(C(=O)OC(C)C)=C(C)N1. The van der Waals surface area contributed by atoms with Crippen molar-refractivity contribution in [3.63, 3.8) is 0 Å². The molecular formula is C13H18NO4-. The predicted octanol–water partition coefficient (Wildman–Crippen LogP) is 0.475. The molecule has 1 heterocycles. The van der Waals surface area contributed by atoms with Crippen LogP contribution < -0.4 is 10.4 Å². The summed E-state index contributed by atoms with van der Waals surface area (Å²) in [7, 11) is 0. The number of hydrogen-bond donors (Lipinski definition) is 1. The third-order valence-electron chi connectivity index (χ3n) is 2.83. The van der Waals surface area contributed by atoms with E-state index >= 15 is 0 Å². The Morgan fingerprint density at radius 3 is 2.17 bits per heavy atom. The molecule has 1 aliphatic heterocycles. The van der Waals surface area contributed by atoms with E-state index in [0.29, 0.717) is 17.0 Å². The van der Waals surface area contributed by atoms with Crippen molar-refractivity contribution in [3.05, 3.63) is 22.5 Å². The van der Waals surface area contributed by atoms with Crippen LogP contribution in [0.2, 0.25) is 0 Å². The quantitative estimate of drug-likeness (QED) is 0.739. The van der Waals surface area contributed by atoms with Gasteiger partial charge >= 0.3 is 5.97 Å². The Kier molecular flexibility index (Phi) is 4.16. The first kappa shape index (κ1) is 14.3. The van der Waals surface area contributed by atoms with Crippen molar-refractivity contribution < 1.29 is 19.4 Å². The number of rotatable bonds is 3. The Morgan fingerprint density at radius 1 is 1.22 bits per heavy atom. The van der Waals surface area contributed by atoms with E-state index < -0.39 is 17.9 Å². The van der Waals surface area contributed by atoms with Crippen molar-refractivity contribution in [2.75, 3.05) is 0 Å². The van der Waals surface area contributed by atoms with Crippen LogP contribution in [0.4, 0.5) is 0 Å². The van der Waals surface area contributed by atoms with Crippen molar-refractivity contribution in [2.24, 2.45) is 5.92 Å². The van der Waals surface area contributed by atoms with E-state index in [1.54, 1.807) is 34.6 Å². The summed E-state index contributed by atoms with van der Waals surface area (Å²) in [6.45, 7) is 8.53. The summed E-state index contributed by atoms with van der Waals surface area (Å²) in [4.78, 5) is 23.0. The number of hydrogen-bond acceptors (Lipinski definition) is 5. The maximum atomic E-state index is 11.9. The van der Waals surface area contributed by atoms with Crippen LogP contribution in [0.1, 0.15) is 34.6 Å². The van der Waals surface area contributed by atoms with Gasteiger partial charge in [-0.1, -0.05) is 6.92 Å². The number of carboxylic acids is 1. The third-order valence-corrected chi connectivity index (χ3v) is 2.83. The maximum Gasteiger partial charge on any atom is 0.336 e. The average Bonchev–Trinajstić information content (AvgIpc) is 2.13. The molecule has 1 N–H and O–H groups in total. The van der Waals surface area contributed by atoms with Gasteiger partial charge in [0.05, 0.1) is 17.6 Å². The van der Waals surface area contributed by atoms with Gasteiger partial charge in [0.15, 0.2) is 0 Å². The normalized spacial score (nSPS) is 20.0. The number of aliphatic carboxylic acids is 1. The van der Waals surface area contributed by atoms with Crippen molar-refractivity contribution in [3.8, 4) is 0 Å². The van der Waals surface area contributed by atoms with Crippen LogP contribution in [0, 0.1) is 5.92 Å². The van der Waals surface area contributed by atoms with Crippen LogP contribution in [0.15, 0.2) is 22.5 Å². The molecule has 0 radical (unpaired) electrons. The summed E-state index contributed by atoms with van der Waals surface area (Å²) in [5.74, 6) is -2.30. The van der Waals surface area contributed by atoms with Crippen molar-refractivity contribution in [1.82, 2.24) is 5.32 Å². The molecule has 0 aliphatic carbocycles. The standard InChI is InChI=1S/C13H19NO4/c1-6(2)18-13(17)11-7(3)10(12(15)16)8(4)14-9(11)5/h6-7,14H,1-5H3,(H,15,16)/p-1. The van der Waals surface area contributed by atoms with Gasteiger partial charge in [-0.2, -0.15) is 0 Å². The minimum atomic E-state index is -1.27. The van der Waals surface area contributed by atoms with Crippen LogP contribution in [0.3, 0.4) is 0 Å². The van der Waals surface area contributed by atoms with E-state index in [4.69, 9.17) is 4.74 Å². The van der Waals surface area contributed by atoms with Crippen molar-refractivity contribution in [1.29, 1.82) is 0 Å². The Hall–Kier alpha value is -1.78. The van der Waals surface area contributed by atoms with Gasteiger partial charge in [-0.25, -0.2) is 4.79 Å². The summed E-state index contributed by atoms with van der Waals surface area (Å²) in [5.41, 5.74) is 1.56. The lowest BCUT2D eigenvalue weighted by atomic mass is 9.87. The summed E-state index contributed by atoms with van der Waals surface area (Å²) >= 11 is 0. The van der Waals surface area contributed by atoms with Gasteiger partial charge in [0.1, 0.15) is 0 Å². The fourth-order valence-corrected chi connectivity index (χ4v) is 2.15. The topological polar surface area (TPSA) is 78.5 Å². The number of carboxylic acid groups (broad SMARTS) is 1. The maximum absolute atomic E-state index is 11.9. The second kappa shape index (κ2) is 5.25. The van der Waals surface area contributed by atoms with Gasteiger partial charge in [0, 0.05) is 22.9 Å². The Balaban J connectivity index is 3.10. The fourth-order valence-electron chi connectivity index (χ4n) is 2.15. The first-order chi connectivity index (χ1) is 8.25. The lowest BCUT2D eigenvalue weighted by molar-refractivity contribution is -0.299. The molecule has 0 aromatic rings. The zero-order valence-electron chi connectivity index (χ0n) is 11.3. The highest BCUT2D eigenvalue weighted by atomic mass is 16.5. The van der Waals surface area contributed by atoms with E-state index in [2.05, 4.69) is 5.32 Å². The molecule has 0 saturated heterocycles. The van der Waals surface area contributed by atoms with E-state index in [9.17, 15) is 14.7 Å². The zero-order chi connectivity index (χ0) is 14.0. The molecule has 5 nitrogen and oxygen atoms in total. The molecule has 0 saturated carbocycles. The number of allylic oxidation sites excluding steroid dienone is 2. The van der Waals surface area contributed by atoms with E-state index in [1.807, 2.05) is 0 Å². The summed E-state index contributed by atoms with van der Waals surface area (Å²) in [6.07, 6.45) is -0.247. The summed E-state index contributed by atoms with van der Waals surface area (Å²) < 4.78 is 5.12. The van der Waals surface area contributed by atoms with E-state index in [0.717, 1.165) is 0 Å². The predicted molar refractivity (Wildman–Crippen MR) is 63.9 cm³/mol. The van der Waals surface area contributed by atoms with Crippen LogP contribution in [0.25, 0.3) is 0 Å². The summed E-state index contributed by atoms with van der Waals surface area (Å²) in [6, 6.07) is 0.